The van der Waals surface area contributed by atoms with Gasteiger partial charge in [-0.1, -0.05) is 19.1 Å². The van der Waals surface area contributed by atoms with E-state index in [0.717, 1.165) is 77.0 Å². The summed E-state index contributed by atoms with van der Waals surface area (Å²) in [6.07, 6.45) is 3.11. The van der Waals surface area contributed by atoms with Crippen molar-refractivity contribution in [1.82, 2.24) is 10.6 Å². The van der Waals surface area contributed by atoms with Gasteiger partial charge in [-0.3, -0.25) is 4.99 Å². The van der Waals surface area contributed by atoms with Crippen LogP contribution >= 0.6 is 0 Å². The molecule has 0 aromatic heterocycles. The summed E-state index contributed by atoms with van der Waals surface area (Å²) in [4.78, 5) is 4.65. The quantitative estimate of drug-likeness (QED) is 0.325. The van der Waals surface area contributed by atoms with Gasteiger partial charge in [-0.05, 0) is 49.8 Å². The van der Waals surface area contributed by atoms with Gasteiger partial charge in [0.2, 0.25) is 0 Å². The number of nitrogens with zero attached hydrogens (tertiary/aromatic N) is 1. The summed E-state index contributed by atoms with van der Waals surface area (Å²) in [5, 5.41) is 6.75. The Bertz CT molecular complexity index is 557. The Morgan fingerprint density at radius 2 is 2.11 bits per heavy atom. The highest BCUT2D eigenvalue weighted by molar-refractivity contribution is 5.79. The SMILES string of the molecule is CCNC(=NCCCOCC1CCOC1)NCCC(C)c1ccc(OC)cc1. The van der Waals surface area contributed by atoms with Crippen LogP contribution in [-0.4, -0.2) is 59.1 Å². The van der Waals surface area contributed by atoms with E-state index < -0.39 is 0 Å². The number of benzene rings is 1. The zero-order chi connectivity index (χ0) is 20.0. The van der Waals surface area contributed by atoms with Crippen molar-refractivity contribution in [2.75, 3.05) is 53.2 Å². The third kappa shape index (κ3) is 8.48. The Kier molecular flexibility index (Phi) is 10.8. The third-order valence-corrected chi connectivity index (χ3v) is 4.99. The van der Waals surface area contributed by atoms with Gasteiger partial charge < -0.3 is 24.8 Å². The molecule has 1 aliphatic rings. The minimum Gasteiger partial charge on any atom is -0.497 e. The van der Waals surface area contributed by atoms with Crippen LogP contribution in [0.15, 0.2) is 29.3 Å². The maximum atomic E-state index is 5.74. The van der Waals surface area contributed by atoms with E-state index in [9.17, 15) is 0 Å². The van der Waals surface area contributed by atoms with E-state index in [4.69, 9.17) is 14.2 Å². The minimum absolute atomic E-state index is 0.481. The van der Waals surface area contributed by atoms with Gasteiger partial charge in [0.25, 0.3) is 0 Å². The number of hydrogen-bond donors (Lipinski definition) is 2. The second-order valence-electron chi connectivity index (χ2n) is 7.31. The van der Waals surface area contributed by atoms with E-state index in [-0.39, 0.29) is 0 Å². The fourth-order valence-electron chi connectivity index (χ4n) is 3.17. The molecule has 2 atom stereocenters. The molecule has 0 radical (unpaired) electrons. The molecule has 6 heteroatoms. The normalized spacial score (nSPS) is 18.1. The molecular formula is C22H37N3O3. The Hall–Kier alpha value is -1.79. The summed E-state index contributed by atoms with van der Waals surface area (Å²) >= 11 is 0. The first-order valence-electron chi connectivity index (χ1n) is 10.5. The van der Waals surface area contributed by atoms with Crippen molar-refractivity contribution < 1.29 is 14.2 Å². The van der Waals surface area contributed by atoms with E-state index in [1.54, 1.807) is 7.11 Å². The lowest BCUT2D eigenvalue weighted by Crippen LogP contribution is -2.38. The van der Waals surface area contributed by atoms with E-state index in [1.807, 2.05) is 12.1 Å². The first-order chi connectivity index (χ1) is 13.7. The molecule has 1 aliphatic heterocycles. The zero-order valence-corrected chi connectivity index (χ0v) is 17.7. The van der Waals surface area contributed by atoms with E-state index in [1.165, 1.54) is 5.56 Å². The highest BCUT2D eigenvalue weighted by atomic mass is 16.5. The molecule has 1 aromatic rings. The minimum atomic E-state index is 0.481. The largest absolute Gasteiger partial charge is 0.497 e. The van der Waals surface area contributed by atoms with E-state index in [2.05, 4.69) is 41.6 Å². The van der Waals surface area contributed by atoms with E-state index >= 15 is 0 Å². The lowest BCUT2D eigenvalue weighted by molar-refractivity contribution is 0.0893. The average molecular weight is 392 g/mol. The number of nitrogens with one attached hydrogen (secondary N) is 2. The standard InChI is InChI=1S/C22H37N3O3/c1-4-23-22(24-12-5-14-27-16-19-11-15-28-17-19)25-13-10-18(2)20-6-8-21(26-3)9-7-20/h6-9,18-19H,4-5,10-17H2,1-3H3,(H2,23,24,25). The van der Waals surface area contributed by atoms with Gasteiger partial charge >= 0.3 is 0 Å². The predicted molar refractivity (Wildman–Crippen MR) is 114 cm³/mol. The number of aliphatic imine (C=N–C) groups is 1. The Balaban J connectivity index is 1.62. The maximum Gasteiger partial charge on any atom is 0.191 e. The summed E-state index contributed by atoms with van der Waals surface area (Å²) in [6, 6.07) is 8.32. The summed E-state index contributed by atoms with van der Waals surface area (Å²) in [7, 11) is 1.70. The van der Waals surface area contributed by atoms with Crippen LogP contribution in [0.1, 0.15) is 44.6 Å². The van der Waals surface area contributed by atoms with Crippen molar-refractivity contribution >= 4 is 5.96 Å². The molecule has 6 nitrogen and oxygen atoms in total. The summed E-state index contributed by atoms with van der Waals surface area (Å²) < 4.78 is 16.3. The van der Waals surface area contributed by atoms with Crippen LogP contribution in [0, 0.1) is 5.92 Å². The second kappa shape index (κ2) is 13.4. The van der Waals surface area contributed by atoms with Crippen LogP contribution in [0.2, 0.25) is 0 Å². The van der Waals surface area contributed by atoms with Crippen molar-refractivity contribution in [3.8, 4) is 5.75 Å². The number of ether oxygens (including phenoxy) is 3. The third-order valence-electron chi connectivity index (χ3n) is 4.99. The fourth-order valence-corrected chi connectivity index (χ4v) is 3.17. The molecule has 0 spiro atoms. The van der Waals surface area contributed by atoms with Gasteiger partial charge in [-0.25, -0.2) is 0 Å². The Morgan fingerprint density at radius 1 is 1.29 bits per heavy atom. The molecule has 158 valence electrons. The van der Waals surface area contributed by atoms with Crippen LogP contribution < -0.4 is 15.4 Å². The molecule has 0 amide bonds. The van der Waals surface area contributed by atoms with Crippen LogP contribution in [0.4, 0.5) is 0 Å². The van der Waals surface area contributed by atoms with Gasteiger partial charge in [0, 0.05) is 38.8 Å². The number of methoxy groups -OCH3 is 1. The van der Waals surface area contributed by atoms with Crippen molar-refractivity contribution in [1.29, 1.82) is 0 Å². The Labute approximate surface area is 170 Å². The molecule has 2 N–H and O–H groups in total. The molecule has 28 heavy (non-hydrogen) atoms. The predicted octanol–water partition coefficient (Wildman–Crippen LogP) is 3.19. The molecule has 1 heterocycles. The van der Waals surface area contributed by atoms with E-state index in [0.29, 0.717) is 11.8 Å². The number of guanidine groups is 1. The number of hydrogen-bond acceptors (Lipinski definition) is 4. The van der Waals surface area contributed by atoms with Crippen molar-refractivity contribution in [2.24, 2.45) is 10.9 Å². The summed E-state index contributed by atoms with van der Waals surface area (Å²) in [5.74, 6) is 2.84. The molecule has 0 bridgehead atoms. The van der Waals surface area contributed by atoms with Crippen LogP contribution in [0.3, 0.4) is 0 Å². The summed E-state index contributed by atoms with van der Waals surface area (Å²) in [6.45, 7) is 10.2. The van der Waals surface area contributed by atoms with Crippen molar-refractivity contribution in [3.63, 3.8) is 0 Å². The topological polar surface area (TPSA) is 64.1 Å². The highest BCUT2D eigenvalue weighted by Crippen LogP contribution is 2.21. The lowest BCUT2D eigenvalue weighted by atomic mass is 9.98. The van der Waals surface area contributed by atoms with Gasteiger partial charge in [-0.2, -0.15) is 0 Å². The molecule has 0 saturated carbocycles. The molecule has 2 unspecified atom stereocenters. The van der Waals surface area contributed by atoms with Gasteiger partial charge in [0.1, 0.15) is 5.75 Å². The molecule has 2 rings (SSSR count). The molecular weight excluding hydrogens is 354 g/mol. The van der Waals surface area contributed by atoms with Gasteiger partial charge in [0.05, 0.1) is 20.3 Å². The van der Waals surface area contributed by atoms with Gasteiger partial charge in [-0.15, -0.1) is 0 Å². The van der Waals surface area contributed by atoms with Crippen LogP contribution in [0.25, 0.3) is 0 Å². The lowest BCUT2D eigenvalue weighted by Gasteiger charge is -2.15. The first kappa shape index (κ1) is 22.5. The van der Waals surface area contributed by atoms with Crippen molar-refractivity contribution in [2.45, 2.75) is 39.0 Å². The van der Waals surface area contributed by atoms with Crippen LogP contribution in [-0.2, 0) is 9.47 Å². The molecule has 0 aliphatic carbocycles. The zero-order valence-electron chi connectivity index (χ0n) is 17.7. The highest BCUT2D eigenvalue weighted by Gasteiger charge is 2.15. The smallest absolute Gasteiger partial charge is 0.191 e. The molecule has 1 fully saturated rings. The monoisotopic (exact) mass is 391 g/mol. The Morgan fingerprint density at radius 3 is 2.79 bits per heavy atom. The van der Waals surface area contributed by atoms with Crippen molar-refractivity contribution in [3.05, 3.63) is 29.8 Å². The maximum absolute atomic E-state index is 5.74. The molecule has 1 aromatic carbocycles. The van der Waals surface area contributed by atoms with Gasteiger partial charge in [0.15, 0.2) is 5.96 Å². The van der Waals surface area contributed by atoms with Crippen LogP contribution in [0.5, 0.6) is 5.75 Å². The average Bonchev–Trinajstić information content (AvgIpc) is 3.24. The molecule has 1 saturated heterocycles. The fraction of sp³-hybridized carbons (Fsp3) is 0.682. The second-order valence-corrected chi connectivity index (χ2v) is 7.31. The number of rotatable bonds is 12. The first-order valence-corrected chi connectivity index (χ1v) is 10.5. The summed E-state index contributed by atoms with van der Waals surface area (Å²) in [5.41, 5.74) is 1.33.